The molecule has 0 aliphatic rings. The van der Waals surface area contributed by atoms with Gasteiger partial charge in [-0.05, 0) is 32.9 Å². The van der Waals surface area contributed by atoms with Crippen molar-refractivity contribution in [2.24, 2.45) is 0 Å². The highest BCUT2D eigenvalue weighted by molar-refractivity contribution is 7.12. The van der Waals surface area contributed by atoms with Crippen LogP contribution in [0.4, 0.5) is 0 Å². The van der Waals surface area contributed by atoms with Crippen molar-refractivity contribution in [3.05, 3.63) is 21.9 Å². The predicted molar refractivity (Wildman–Crippen MR) is 57.2 cm³/mol. The number of aliphatic hydroxyl groups is 1. The molecular formula is C10H17NOS. The Morgan fingerprint density at radius 2 is 2.15 bits per heavy atom. The Kier molecular flexibility index (Phi) is 3.90. The van der Waals surface area contributed by atoms with Crippen molar-refractivity contribution >= 4 is 11.3 Å². The molecule has 0 radical (unpaired) electrons. The average Bonchev–Trinajstić information content (AvgIpc) is 2.51. The van der Waals surface area contributed by atoms with Gasteiger partial charge in [0.1, 0.15) is 0 Å². The van der Waals surface area contributed by atoms with Crippen LogP contribution in [0.1, 0.15) is 29.6 Å². The van der Waals surface area contributed by atoms with E-state index < -0.39 is 0 Å². The summed E-state index contributed by atoms with van der Waals surface area (Å²) in [5.41, 5.74) is 0. The Morgan fingerprint density at radius 1 is 1.46 bits per heavy atom. The van der Waals surface area contributed by atoms with Crippen LogP contribution in [0.5, 0.6) is 0 Å². The summed E-state index contributed by atoms with van der Waals surface area (Å²) in [4.78, 5) is 2.66. The Balaban J connectivity index is 2.53. The fourth-order valence-corrected chi connectivity index (χ4v) is 2.14. The van der Waals surface area contributed by atoms with Crippen molar-refractivity contribution in [2.45, 2.75) is 32.9 Å². The number of aryl methyl sites for hydroxylation is 1. The van der Waals surface area contributed by atoms with Crippen LogP contribution < -0.4 is 5.32 Å². The summed E-state index contributed by atoms with van der Waals surface area (Å²) in [6.07, 6.45) is 0. The Labute approximate surface area is 83.6 Å². The van der Waals surface area contributed by atoms with Gasteiger partial charge < -0.3 is 10.4 Å². The van der Waals surface area contributed by atoms with Crippen LogP contribution in [-0.2, 0) is 0 Å². The molecule has 0 bridgehead atoms. The molecule has 0 spiro atoms. The van der Waals surface area contributed by atoms with E-state index in [2.05, 4.69) is 31.3 Å². The molecule has 0 fully saturated rings. The Morgan fingerprint density at radius 3 is 2.62 bits per heavy atom. The fraction of sp³-hybridized carbons (Fsp3) is 0.600. The lowest BCUT2D eigenvalue weighted by Crippen LogP contribution is -2.31. The molecule has 0 aromatic carbocycles. The van der Waals surface area contributed by atoms with Crippen molar-refractivity contribution in [1.29, 1.82) is 0 Å². The second-order valence-electron chi connectivity index (χ2n) is 3.42. The summed E-state index contributed by atoms with van der Waals surface area (Å²) in [6.45, 7) is 6.40. The van der Waals surface area contributed by atoms with Gasteiger partial charge in [-0.1, -0.05) is 0 Å². The van der Waals surface area contributed by atoms with Gasteiger partial charge in [0.25, 0.3) is 0 Å². The molecule has 2 nitrogen and oxygen atoms in total. The first-order chi connectivity index (χ1) is 6.13. The molecule has 3 heteroatoms. The third-order valence-corrected chi connectivity index (χ3v) is 3.18. The van der Waals surface area contributed by atoms with Crippen LogP contribution in [-0.4, -0.2) is 17.8 Å². The van der Waals surface area contributed by atoms with Crippen LogP contribution in [0, 0.1) is 6.92 Å². The maximum absolute atomic E-state index is 8.88. The van der Waals surface area contributed by atoms with Gasteiger partial charge >= 0.3 is 0 Å². The fourth-order valence-electron chi connectivity index (χ4n) is 1.25. The van der Waals surface area contributed by atoms with Gasteiger partial charge in [0.2, 0.25) is 0 Å². The van der Waals surface area contributed by atoms with Gasteiger partial charge in [-0.25, -0.2) is 0 Å². The predicted octanol–water partition coefficient (Wildman–Crippen LogP) is 2.09. The smallest absolute Gasteiger partial charge is 0.0582 e. The molecular weight excluding hydrogens is 182 g/mol. The zero-order valence-electron chi connectivity index (χ0n) is 8.37. The number of hydrogen-bond donors (Lipinski definition) is 2. The minimum atomic E-state index is 0.164. The Bertz CT molecular complexity index is 259. The lowest BCUT2D eigenvalue weighted by Gasteiger charge is -2.16. The number of hydrogen-bond acceptors (Lipinski definition) is 3. The van der Waals surface area contributed by atoms with Gasteiger partial charge in [0.05, 0.1) is 6.61 Å². The summed E-state index contributed by atoms with van der Waals surface area (Å²) in [5.74, 6) is 0. The van der Waals surface area contributed by atoms with E-state index in [4.69, 9.17) is 5.11 Å². The van der Waals surface area contributed by atoms with Crippen LogP contribution in [0.2, 0.25) is 0 Å². The van der Waals surface area contributed by atoms with E-state index in [0.29, 0.717) is 6.04 Å². The van der Waals surface area contributed by atoms with E-state index in [1.165, 1.54) is 9.75 Å². The molecule has 0 aliphatic carbocycles. The summed E-state index contributed by atoms with van der Waals surface area (Å²) < 4.78 is 0. The first-order valence-corrected chi connectivity index (χ1v) is 5.38. The van der Waals surface area contributed by atoms with Crippen LogP contribution >= 0.6 is 11.3 Å². The second kappa shape index (κ2) is 4.74. The first-order valence-electron chi connectivity index (χ1n) is 4.56. The highest BCUT2D eigenvalue weighted by Crippen LogP contribution is 2.22. The molecule has 0 saturated heterocycles. The summed E-state index contributed by atoms with van der Waals surface area (Å²) in [6, 6.07) is 4.77. The van der Waals surface area contributed by atoms with Crippen molar-refractivity contribution in [2.75, 3.05) is 6.61 Å². The molecule has 1 heterocycles. The van der Waals surface area contributed by atoms with Crippen LogP contribution in [0.25, 0.3) is 0 Å². The largest absolute Gasteiger partial charge is 0.395 e. The van der Waals surface area contributed by atoms with E-state index in [1.807, 2.05) is 6.92 Å². The van der Waals surface area contributed by atoms with E-state index >= 15 is 0 Å². The zero-order valence-corrected chi connectivity index (χ0v) is 9.19. The SMILES string of the molecule is Cc1ccc([C@H](C)N[C@H](C)CO)s1. The zero-order chi connectivity index (χ0) is 9.84. The van der Waals surface area contributed by atoms with Gasteiger partial charge in [-0.3, -0.25) is 0 Å². The topological polar surface area (TPSA) is 32.3 Å². The van der Waals surface area contributed by atoms with Gasteiger partial charge in [0.15, 0.2) is 0 Å². The molecule has 0 amide bonds. The molecule has 1 aromatic rings. The minimum absolute atomic E-state index is 0.164. The maximum atomic E-state index is 8.88. The van der Waals surface area contributed by atoms with Gasteiger partial charge in [0, 0.05) is 21.8 Å². The highest BCUT2D eigenvalue weighted by atomic mass is 32.1. The van der Waals surface area contributed by atoms with E-state index in [-0.39, 0.29) is 12.6 Å². The monoisotopic (exact) mass is 199 g/mol. The molecule has 74 valence electrons. The van der Waals surface area contributed by atoms with E-state index in [1.54, 1.807) is 11.3 Å². The normalized spacial score (nSPS) is 15.7. The molecule has 13 heavy (non-hydrogen) atoms. The van der Waals surface area contributed by atoms with E-state index in [9.17, 15) is 0 Å². The molecule has 0 saturated carbocycles. The summed E-state index contributed by atoms with van der Waals surface area (Å²) in [5, 5.41) is 12.2. The van der Waals surface area contributed by atoms with Crippen LogP contribution in [0.15, 0.2) is 12.1 Å². The maximum Gasteiger partial charge on any atom is 0.0582 e. The van der Waals surface area contributed by atoms with Crippen LogP contribution in [0.3, 0.4) is 0 Å². The van der Waals surface area contributed by atoms with E-state index in [0.717, 1.165) is 0 Å². The van der Waals surface area contributed by atoms with Crippen molar-refractivity contribution in [3.63, 3.8) is 0 Å². The standard InChI is InChI=1S/C10H17NOS/c1-7(6-12)11-9(3)10-5-4-8(2)13-10/h4-5,7,9,11-12H,6H2,1-3H3/t7-,9+/m1/s1. The average molecular weight is 199 g/mol. The number of thiophene rings is 1. The van der Waals surface area contributed by atoms with Gasteiger partial charge in [-0.2, -0.15) is 0 Å². The number of aliphatic hydroxyl groups excluding tert-OH is 1. The Hall–Kier alpha value is -0.380. The van der Waals surface area contributed by atoms with Gasteiger partial charge in [-0.15, -0.1) is 11.3 Å². The molecule has 1 rings (SSSR count). The molecule has 2 atom stereocenters. The third-order valence-electron chi connectivity index (χ3n) is 2.00. The number of rotatable bonds is 4. The lowest BCUT2D eigenvalue weighted by molar-refractivity contribution is 0.243. The van der Waals surface area contributed by atoms with Crippen molar-refractivity contribution < 1.29 is 5.11 Å². The summed E-state index contributed by atoms with van der Waals surface area (Å²) >= 11 is 1.80. The quantitative estimate of drug-likeness (QED) is 0.778. The second-order valence-corrected chi connectivity index (χ2v) is 4.74. The van der Waals surface area contributed by atoms with Crippen molar-refractivity contribution in [3.8, 4) is 0 Å². The molecule has 0 aliphatic heterocycles. The molecule has 0 unspecified atom stereocenters. The van der Waals surface area contributed by atoms with Crippen molar-refractivity contribution in [1.82, 2.24) is 5.32 Å². The lowest BCUT2D eigenvalue weighted by atomic mass is 10.2. The first kappa shape index (κ1) is 10.7. The number of nitrogens with one attached hydrogen (secondary N) is 1. The molecule has 2 N–H and O–H groups in total. The minimum Gasteiger partial charge on any atom is -0.395 e. The highest BCUT2D eigenvalue weighted by Gasteiger charge is 2.09. The summed E-state index contributed by atoms with van der Waals surface area (Å²) in [7, 11) is 0. The molecule has 1 aromatic heterocycles. The third kappa shape index (κ3) is 3.10.